The van der Waals surface area contributed by atoms with Crippen molar-refractivity contribution in [3.05, 3.63) is 48.2 Å². The molecular formula is C22H29N3O6. The number of carbonyl (C=O) groups is 4. The first kappa shape index (κ1) is 23.9. The second-order valence-corrected chi connectivity index (χ2v) is 8.03. The maximum absolute atomic E-state index is 12.7. The molecule has 0 aromatic heterocycles. The molecule has 9 nitrogen and oxygen atoms in total. The Bertz CT molecular complexity index is 854. The van der Waals surface area contributed by atoms with Crippen molar-refractivity contribution in [1.82, 2.24) is 15.5 Å². The molecule has 3 N–H and O–H groups in total. The van der Waals surface area contributed by atoms with E-state index in [1.165, 1.54) is 11.8 Å². The Balaban J connectivity index is 1.96. The number of likely N-dealkylation sites (tertiary alicyclic amines) is 1. The van der Waals surface area contributed by atoms with Crippen LogP contribution in [0.1, 0.15) is 39.2 Å². The minimum atomic E-state index is -1.35. The molecule has 1 fully saturated rings. The summed E-state index contributed by atoms with van der Waals surface area (Å²) in [5.74, 6) is -2.71. The van der Waals surface area contributed by atoms with Gasteiger partial charge in [-0.15, -0.1) is 0 Å². The van der Waals surface area contributed by atoms with Gasteiger partial charge in [-0.05, 0) is 31.2 Å². The van der Waals surface area contributed by atoms with Crippen molar-refractivity contribution in [3.8, 4) is 0 Å². The molecule has 168 valence electrons. The number of benzene rings is 1. The fraction of sp³-hybridized carbons (Fsp3) is 0.455. The number of rotatable bonds is 8. The lowest BCUT2D eigenvalue weighted by atomic mass is 9.99. The minimum Gasteiger partial charge on any atom is -0.480 e. The second kappa shape index (κ2) is 10.1. The largest absolute Gasteiger partial charge is 0.480 e. The van der Waals surface area contributed by atoms with E-state index in [9.17, 15) is 24.3 Å². The normalized spacial score (nSPS) is 18.9. The molecule has 1 aromatic carbocycles. The van der Waals surface area contributed by atoms with Crippen LogP contribution >= 0.6 is 0 Å². The Morgan fingerprint density at radius 2 is 1.87 bits per heavy atom. The monoisotopic (exact) mass is 431 g/mol. The Morgan fingerprint density at radius 3 is 2.45 bits per heavy atom. The fourth-order valence-corrected chi connectivity index (χ4v) is 3.38. The molecule has 3 amide bonds. The van der Waals surface area contributed by atoms with Crippen LogP contribution in [0, 0.1) is 5.92 Å². The zero-order chi connectivity index (χ0) is 23.2. The molecule has 0 bridgehead atoms. The van der Waals surface area contributed by atoms with Crippen LogP contribution in [0.25, 0.3) is 0 Å². The summed E-state index contributed by atoms with van der Waals surface area (Å²) in [6.45, 7) is 8.84. The van der Waals surface area contributed by atoms with E-state index in [1.807, 2.05) is 18.2 Å². The number of hydrogen-bond donors (Lipinski definition) is 3. The average Bonchev–Trinajstić information content (AvgIpc) is 3.13. The minimum absolute atomic E-state index is 0.0486. The third-order valence-corrected chi connectivity index (χ3v) is 5.31. The van der Waals surface area contributed by atoms with Gasteiger partial charge >= 0.3 is 12.1 Å². The quantitative estimate of drug-likeness (QED) is 0.541. The number of amides is 3. The molecule has 2 rings (SSSR count). The third kappa shape index (κ3) is 5.84. The zero-order valence-electron chi connectivity index (χ0n) is 18.0. The predicted octanol–water partition coefficient (Wildman–Crippen LogP) is 2.03. The van der Waals surface area contributed by atoms with E-state index in [0.717, 1.165) is 5.56 Å². The number of carboxylic acids is 1. The lowest BCUT2D eigenvalue weighted by Gasteiger charge is -2.32. The smallest absolute Gasteiger partial charge is 0.408 e. The zero-order valence-corrected chi connectivity index (χ0v) is 18.0. The van der Waals surface area contributed by atoms with Gasteiger partial charge in [0.15, 0.2) is 0 Å². The van der Waals surface area contributed by atoms with E-state index in [4.69, 9.17) is 4.74 Å². The van der Waals surface area contributed by atoms with Crippen LogP contribution in [0.2, 0.25) is 0 Å². The summed E-state index contributed by atoms with van der Waals surface area (Å²) in [7, 11) is 0. The predicted molar refractivity (Wildman–Crippen MR) is 113 cm³/mol. The van der Waals surface area contributed by atoms with Gasteiger partial charge in [0.25, 0.3) is 5.91 Å². The highest BCUT2D eigenvalue weighted by molar-refractivity contribution is 6.01. The number of hydrogen-bond acceptors (Lipinski definition) is 5. The highest BCUT2D eigenvalue weighted by Crippen LogP contribution is 2.30. The lowest BCUT2D eigenvalue weighted by molar-refractivity contribution is -0.154. The Hall–Kier alpha value is -3.36. The summed E-state index contributed by atoms with van der Waals surface area (Å²) in [5, 5.41) is 14.4. The van der Waals surface area contributed by atoms with Crippen molar-refractivity contribution in [2.75, 3.05) is 6.54 Å². The molecule has 1 saturated heterocycles. The van der Waals surface area contributed by atoms with Crippen LogP contribution in [-0.4, -0.2) is 52.0 Å². The summed E-state index contributed by atoms with van der Waals surface area (Å²) >= 11 is 0. The molecule has 0 spiro atoms. The highest BCUT2D eigenvalue weighted by Gasteiger charge is 2.46. The van der Waals surface area contributed by atoms with Gasteiger partial charge in [0, 0.05) is 6.54 Å². The van der Waals surface area contributed by atoms with Gasteiger partial charge in [-0.2, -0.15) is 0 Å². The first-order valence-corrected chi connectivity index (χ1v) is 10.1. The van der Waals surface area contributed by atoms with Crippen LogP contribution in [0.5, 0.6) is 0 Å². The van der Waals surface area contributed by atoms with Crippen LogP contribution in [-0.2, 0) is 25.7 Å². The topological polar surface area (TPSA) is 125 Å². The first-order valence-electron chi connectivity index (χ1n) is 10.1. The molecule has 0 radical (unpaired) electrons. The number of carboxylic acid groups (broad SMARTS) is 1. The summed E-state index contributed by atoms with van der Waals surface area (Å²) in [4.78, 5) is 50.3. The van der Waals surface area contributed by atoms with Crippen LogP contribution in [0.4, 0.5) is 4.79 Å². The molecule has 0 saturated carbocycles. The number of nitrogens with one attached hydrogen (secondary N) is 2. The number of aliphatic carboxylic acids is 1. The summed E-state index contributed by atoms with van der Waals surface area (Å²) in [6, 6.07) is 8.12. The Kier molecular flexibility index (Phi) is 7.79. The maximum atomic E-state index is 12.7. The molecular weight excluding hydrogens is 402 g/mol. The molecule has 1 aliphatic heterocycles. The van der Waals surface area contributed by atoms with Crippen molar-refractivity contribution in [2.24, 2.45) is 5.92 Å². The molecule has 0 aliphatic carbocycles. The molecule has 9 heteroatoms. The molecule has 0 unspecified atom stereocenters. The van der Waals surface area contributed by atoms with Gasteiger partial charge in [0.05, 0.1) is 5.70 Å². The van der Waals surface area contributed by atoms with Crippen LogP contribution in [0.3, 0.4) is 0 Å². The van der Waals surface area contributed by atoms with Gasteiger partial charge in [-0.3, -0.25) is 9.59 Å². The van der Waals surface area contributed by atoms with Gasteiger partial charge < -0.3 is 25.4 Å². The third-order valence-electron chi connectivity index (χ3n) is 5.31. The molecule has 2 atom stereocenters. The van der Waals surface area contributed by atoms with E-state index in [1.54, 1.807) is 26.0 Å². The Morgan fingerprint density at radius 1 is 1.23 bits per heavy atom. The summed E-state index contributed by atoms with van der Waals surface area (Å²) in [5.41, 5.74) is -0.791. The van der Waals surface area contributed by atoms with Gasteiger partial charge in [-0.25, -0.2) is 9.59 Å². The van der Waals surface area contributed by atoms with Crippen molar-refractivity contribution in [3.63, 3.8) is 0 Å². The number of alkyl carbamates (subject to hydrolysis) is 1. The maximum Gasteiger partial charge on any atom is 0.408 e. The highest BCUT2D eigenvalue weighted by atomic mass is 16.5. The average molecular weight is 431 g/mol. The Labute approximate surface area is 181 Å². The fourth-order valence-electron chi connectivity index (χ4n) is 3.38. The lowest BCUT2D eigenvalue weighted by Crippen LogP contribution is -2.54. The van der Waals surface area contributed by atoms with E-state index in [2.05, 4.69) is 17.2 Å². The van der Waals surface area contributed by atoms with Crippen LogP contribution < -0.4 is 10.6 Å². The van der Waals surface area contributed by atoms with Gasteiger partial charge in [0.2, 0.25) is 5.91 Å². The van der Waals surface area contributed by atoms with Gasteiger partial charge in [-0.1, -0.05) is 50.8 Å². The molecule has 1 aliphatic rings. The van der Waals surface area contributed by atoms with Gasteiger partial charge in [0.1, 0.15) is 18.2 Å². The van der Waals surface area contributed by atoms with Crippen molar-refractivity contribution in [1.29, 1.82) is 0 Å². The molecule has 31 heavy (non-hydrogen) atoms. The number of ether oxygens (including phenoxy) is 1. The standard InChI is InChI=1S/C22H29N3O6/c1-14(2)17(24-21(30)31-13-16-9-6-5-7-10-16)18(26)23-15(3)19(27)25-12-8-11-22(25,4)20(28)29/h5-7,9-10,14,17H,3,8,11-13H2,1-2,4H3,(H,23,26)(H,24,30)(H,28,29)/t17-,22-/m0/s1. The van der Waals surface area contributed by atoms with E-state index in [0.29, 0.717) is 12.8 Å². The molecule has 1 heterocycles. The van der Waals surface area contributed by atoms with Crippen LogP contribution in [0.15, 0.2) is 42.6 Å². The second-order valence-electron chi connectivity index (χ2n) is 8.03. The summed E-state index contributed by atoms with van der Waals surface area (Å²) in [6.07, 6.45) is 0.0883. The SMILES string of the molecule is C=C(NC(=O)[C@@H](NC(=O)OCc1ccccc1)C(C)C)C(=O)N1CCC[C@@]1(C)C(=O)O. The van der Waals surface area contributed by atoms with Crippen molar-refractivity contribution in [2.45, 2.75) is 51.8 Å². The van der Waals surface area contributed by atoms with E-state index < -0.39 is 35.5 Å². The van der Waals surface area contributed by atoms with E-state index >= 15 is 0 Å². The molecule has 1 aromatic rings. The van der Waals surface area contributed by atoms with E-state index in [-0.39, 0.29) is 24.8 Å². The number of carbonyl (C=O) groups excluding carboxylic acids is 3. The first-order chi connectivity index (χ1) is 14.6. The van der Waals surface area contributed by atoms with Crippen molar-refractivity contribution >= 4 is 23.9 Å². The summed E-state index contributed by atoms with van der Waals surface area (Å²) < 4.78 is 5.15. The number of nitrogens with zero attached hydrogens (tertiary/aromatic N) is 1. The van der Waals surface area contributed by atoms with Crippen molar-refractivity contribution < 1.29 is 29.0 Å².